The average Bonchev–Trinajstić information content (AvgIpc) is 2.33. The average molecular weight is 262 g/mol. The van der Waals surface area contributed by atoms with Crippen LogP contribution in [0, 0.1) is 5.92 Å². The number of hydrogen-bond donors (Lipinski definition) is 0. The van der Waals surface area contributed by atoms with Gasteiger partial charge in [0.2, 0.25) is 0 Å². The Kier molecular flexibility index (Phi) is 8.13. The summed E-state index contributed by atoms with van der Waals surface area (Å²) in [4.78, 5) is 6.49. The Morgan fingerprint density at radius 3 is 2.11 bits per heavy atom. The second-order valence-corrected chi connectivity index (χ2v) is 5.61. The minimum atomic E-state index is 0.501. The van der Waals surface area contributed by atoms with Crippen LogP contribution in [0.5, 0.6) is 0 Å². The van der Waals surface area contributed by atoms with Gasteiger partial charge in [0.05, 0.1) is 0 Å². The van der Waals surface area contributed by atoms with Crippen molar-refractivity contribution < 1.29 is 0 Å². The van der Waals surface area contributed by atoms with Crippen molar-refractivity contribution in [2.75, 3.05) is 7.05 Å². The van der Waals surface area contributed by atoms with Crippen LogP contribution in [0.2, 0.25) is 0 Å². The van der Waals surface area contributed by atoms with Crippen LogP contribution in [0.25, 0.3) is 0 Å². The molecule has 0 aliphatic rings. The van der Waals surface area contributed by atoms with Crippen molar-refractivity contribution in [3.8, 4) is 0 Å². The third-order valence-corrected chi connectivity index (χ3v) is 3.32. The number of allylic oxidation sites excluding steroid dienone is 4. The maximum atomic E-state index is 4.27. The summed E-state index contributed by atoms with van der Waals surface area (Å²) >= 11 is 0. The molecule has 0 aromatic heterocycles. The first-order valence-corrected chi connectivity index (χ1v) is 7.06. The highest BCUT2D eigenvalue weighted by atomic mass is 15.1. The molecular weight excluding hydrogens is 232 g/mol. The van der Waals surface area contributed by atoms with Crippen LogP contribution in [0.15, 0.2) is 40.2 Å². The number of aliphatic imine (C=N–C) groups is 1. The molecule has 0 heterocycles. The van der Waals surface area contributed by atoms with Crippen LogP contribution in [-0.4, -0.2) is 24.2 Å². The number of nitrogens with zero attached hydrogens (tertiary/aromatic N) is 2. The van der Waals surface area contributed by atoms with Gasteiger partial charge in [-0.25, -0.2) is 0 Å². The summed E-state index contributed by atoms with van der Waals surface area (Å²) in [6.07, 6.45) is 8.17. The van der Waals surface area contributed by atoms with E-state index in [1.807, 2.05) is 19.3 Å². The van der Waals surface area contributed by atoms with Crippen molar-refractivity contribution >= 4 is 6.21 Å². The fourth-order valence-electron chi connectivity index (χ4n) is 1.35. The van der Waals surface area contributed by atoms with Crippen molar-refractivity contribution in [1.29, 1.82) is 0 Å². The highest BCUT2D eigenvalue weighted by molar-refractivity contribution is 5.55. The van der Waals surface area contributed by atoms with Crippen molar-refractivity contribution in [3.63, 3.8) is 0 Å². The Balaban J connectivity index is 5.34. The third-order valence-electron chi connectivity index (χ3n) is 3.32. The normalized spacial score (nSPS) is 14.9. The molecule has 2 nitrogen and oxygen atoms in total. The molecule has 0 bridgehead atoms. The van der Waals surface area contributed by atoms with Crippen LogP contribution in [-0.2, 0) is 0 Å². The first-order chi connectivity index (χ1) is 8.79. The summed E-state index contributed by atoms with van der Waals surface area (Å²) in [5.41, 5.74) is 3.79. The van der Waals surface area contributed by atoms with Gasteiger partial charge in [-0.15, -0.1) is 0 Å². The molecule has 0 spiro atoms. The van der Waals surface area contributed by atoms with Gasteiger partial charge in [-0.2, -0.15) is 0 Å². The Bertz CT molecular complexity index is 382. The maximum Gasteiger partial charge on any atom is 0.0339 e. The zero-order chi connectivity index (χ0) is 15.0. The van der Waals surface area contributed by atoms with E-state index < -0.39 is 0 Å². The first-order valence-electron chi connectivity index (χ1n) is 7.06. The molecule has 0 aliphatic carbocycles. The van der Waals surface area contributed by atoms with Crippen LogP contribution in [0.1, 0.15) is 48.5 Å². The summed E-state index contributed by atoms with van der Waals surface area (Å²) in [5.74, 6) is 0.560. The molecule has 0 saturated heterocycles. The molecule has 0 saturated carbocycles. The number of rotatable bonds is 6. The van der Waals surface area contributed by atoms with E-state index in [9.17, 15) is 0 Å². The zero-order valence-electron chi connectivity index (χ0n) is 13.9. The van der Waals surface area contributed by atoms with E-state index in [1.54, 1.807) is 0 Å². The molecule has 0 rings (SSSR count). The molecule has 0 amide bonds. The predicted molar refractivity (Wildman–Crippen MR) is 87.5 cm³/mol. The molecule has 0 aromatic carbocycles. The Labute approximate surface area is 119 Å². The minimum absolute atomic E-state index is 0.501. The van der Waals surface area contributed by atoms with Crippen molar-refractivity contribution in [1.82, 2.24) is 4.90 Å². The van der Waals surface area contributed by atoms with E-state index in [0.717, 1.165) is 0 Å². The monoisotopic (exact) mass is 262 g/mol. The Hall–Kier alpha value is -1.31. The lowest BCUT2D eigenvalue weighted by Crippen LogP contribution is -2.20. The SMILES string of the molecule is C\C=N/C=C(\C=C(/C)C(C)C)C(/C)=C/N(C)C(C)C. The lowest BCUT2D eigenvalue weighted by atomic mass is 9.99. The molecule has 0 N–H and O–H groups in total. The van der Waals surface area contributed by atoms with E-state index in [2.05, 4.69) is 70.8 Å². The largest absolute Gasteiger partial charge is 0.378 e. The predicted octanol–water partition coefficient (Wildman–Crippen LogP) is 4.81. The smallest absolute Gasteiger partial charge is 0.0339 e. The second kappa shape index (κ2) is 8.73. The van der Waals surface area contributed by atoms with Gasteiger partial charge in [0.25, 0.3) is 0 Å². The van der Waals surface area contributed by atoms with Crippen LogP contribution >= 0.6 is 0 Å². The van der Waals surface area contributed by atoms with Gasteiger partial charge in [0, 0.05) is 31.7 Å². The molecule has 2 heteroatoms. The summed E-state index contributed by atoms with van der Waals surface area (Å²) in [6.45, 7) is 15.1. The van der Waals surface area contributed by atoms with Crippen LogP contribution in [0.3, 0.4) is 0 Å². The topological polar surface area (TPSA) is 15.6 Å². The molecule has 0 atom stereocenters. The summed E-state index contributed by atoms with van der Waals surface area (Å²) in [5, 5.41) is 0. The summed E-state index contributed by atoms with van der Waals surface area (Å²) < 4.78 is 0. The molecule has 0 aromatic rings. The van der Waals surface area contributed by atoms with E-state index in [4.69, 9.17) is 0 Å². The molecule has 0 aliphatic heterocycles. The highest BCUT2D eigenvalue weighted by Crippen LogP contribution is 2.18. The fourth-order valence-corrected chi connectivity index (χ4v) is 1.35. The van der Waals surface area contributed by atoms with E-state index in [0.29, 0.717) is 12.0 Å². The lowest BCUT2D eigenvalue weighted by molar-refractivity contribution is 0.373. The Morgan fingerprint density at radius 1 is 1.11 bits per heavy atom. The van der Waals surface area contributed by atoms with Crippen LogP contribution in [0.4, 0.5) is 0 Å². The molecular formula is C17H30N2. The number of hydrogen-bond acceptors (Lipinski definition) is 2. The lowest BCUT2D eigenvalue weighted by Gasteiger charge is -2.20. The molecule has 108 valence electrons. The molecule has 0 unspecified atom stereocenters. The van der Waals surface area contributed by atoms with Crippen molar-refractivity contribution in [3.05, 3.63) is 35.2 Å². The van der Waals surface area contributed by atoms with Crippen LogP contribution < -0.4 is 0 Å². The van der Waals surface area contributed by atoms with Gasteiger partial charge in [0.1, 0.15) is 0 Å². The van der Waals surface area contributed by atoms with Crippen molar-refractivity contribution in [2.45, 2.75) is 54.5 Å². The maximum absolute atomic E-state index is 4.27. The van der Waals surface area contributed by atoms with E-state index in [-0.39, 0.29) is 0 Å². The van der Waals surface area contributed by atoms with Gasteiger partial charge < -0.3 is 4.90 Å². The zero-order valence-corrected chi connectivity index (χ0v) is 13.9. The van der Waals surface area contributed by atoms with E-state index >= 15 is 0 Å². The summed E-state index contributed by atoms with van der Waals surface area (Å²) in [7, 11) is 2.11. The fraction of sp³-hybridized carbons (Fsp3) is 0.588. The van der Waals surface area contributed by atoms with Gasteiger partial charge >= 0.3 is 0 Å². The third kappa shape index (κ3) is 7.00. The minimum Gasteiger partial charge on any atom is -0.378 e. The van der Waals surface area contributed by atoms with Gasteiger partial charge in [-0.05, 0) is 51.7 Å². The van der Waals surface area contributed by atoms with E-state index in [1.165, 1.54) is 16.7 Å². The molecule has 0 radical (unpaired) electrons. The molecule has 19 heavy (non-hydrogen) atoms. The first kappa shape index (κ1) is 17.7. The standard InChI is InChI=1S/C17H30N2/c1-9-18-11-17(10-15(6)13(2)3)16(7)12-19(8)14(4)5/h9-14H,1-8H3/b15-10+,16-12+,17-11+,18-9-. The molecule has 0 fully saturated rings. The van der Waals surface area contributed by atoms with Gasteiger partial charge in [-0.1, -0.05) is 25.5 Å². The van der Waals surface area contributed by atoms with Crippen molar-refractivity contribution in [2.24, 2.45) is 10.9 Å². The van der Waals surface area contributed by atoms with Gasteiger partial charge in [-0.3, -0.25) is 4.99 Å². The second-order valence-electron chi connectivity index (χ2n) is 5.61. The van der Waals surface area contributed by atoms with Gasteiger partial charge in [0.15, 0.2) is 0 Å². The Morgan fingerprint density at radius 2 is 1.68 bits per heavy atom. The summed E-state index contributed by atoms with van der Waals surface area (Å²) in [6, 6.07) is 0.501. The quantitative estimate of drug-likeness (QED) is 0.495. The highest BCUT2D eigenvalue weighted by Gasteiger charge is 2.04.